The van der Waals surface area contributed by atoms with Crippen molar-refractivity contribution in [3.8, 4) is 0 Å². The average molecular weight is 363 g/mol. The van der Waals surface area contributed by atoms with Crippen molar-refractivity contribution in [3.63, 3.8) is 0 Å². The Kier molecular flexibility index (Phi) is 11.2. The van der Waals surface area contributed by atoms with E-state index in [1.807, 2.05) is 32.3 Å². The minimum absolute atomic E-state index is 0. The first-order chi connectivity index (χ1) is 10.2. The third kappa shape index (κ3) is 7.50. The van der Waals surface area contributed by atoms with Crippen molar-refractivity contribution >= 4 is 30.7 Å². The predicted octanol–water partition coefficient (Wildman–Crippen LogP) is 1.15. The number of benzene rings is 1. The number of nitrogens with one attached hydrogen (secondary N) is 2. The minimum atomic E-state index is 0. The fraction of sp³-hybridized carbons (Fsp3) is 0.562. The second kappa shape index (κ2) is 11.6. The molecule has 2 N–H and O–H groups in total. The van der Waals surface area contributed by atoms with Gasteiger partial charge in [0.25, 0.3) is 0 Å². The molecule has 0 aromatic heterocycles. The Morgan fingerprint density at radius 1 is 1.22 bits per heavy atom. The molecule has 1 aliphatic heterocycles. The molecule has 1 heterocycles. The minimum Gasteiger partial charge on any atom is -0.353 e. The molecule has 1 aromatic carbocycles. The normalized spacial score (nSPS) is 16.1. The molecule has 1 saturated heterocycles. The van der Waals surface area contributed by atoms with Crippen LogP contribution in [0.1, 0.15) is 11.6 Å². The number of nitrogens with zero attached hydrogens (tertiary/aromatic N) is 2. The quantitative estimate of drug-likeness (QED) is 0.796. The summed E-state index contributed by atoms with van der Waals surface area (Å²) in [4.78, 5) is 16.4. The molecule has 0 saturated carbocycles. The SMILES string of the molecule is CN(C)C(CNC(=O)CN1CCNCC1)c1ccccc1.Cl.Cl. The van der Waals surface area contributed by atoms with E-state index in [0.717, 1.165) is 26.2 Å². The van der Waals surface area contributed by atoms with Gasteiger partial charge in [0.05, 0.1) is 12.6 Å². The molecular weight excluding hydrogens is 335 g/mol. The fourth-order valence-corrected chi connectivity index (χ4v) is 2.61. The van der Waals surface area contributed by atoms with E-state index in [-0.39, 0.29) is 36.8 Å². The molecule has 1 aromatic rings. The van der Waals surface area contributed by atoms with E-state index >= 15 is 0 Å². The van der Waals surface area contributed by atoms with Gasteiger partial charge >= 0.3 is 0 Å². The maximum Gasteiger partial charge on any atom is 0.234 e. The van der Waals surface area contributed by atoms with Crippen LogP contribution in [0.25, 0.3) is 0 Å². The lowest BCUT2D eigenvalue weighted by Crippen LogP contribution is -2.48. The van der Waals surface area contributed by atoms with E-state index in [1.54, 1.807) is 0 Å². The molecule has 1 unspecified atom stereocenters. The standard InChI is InChI=1S/C16H26N4O.2ClH/c1-19(2)15(14-6-4-3-5-7-14)12-18-16(21)13-20-10-8-17-9-11-20;;/h3-7,15,17H,8-13H2,1-2H3,(H,18,21);2*1H. The molecule has 5 nitrogen and oxygen atoms in total. The zero-order valence-electron chi connectivity index (χ0n) is 13.8. The highest BCUT2D eigenvalue weighted by molar-refractivity contribution is 5.85. The Morgan fingerprint density at radius 3 is 2.39 bits per heavy atom. The van der Waals surface area contributed by atoms with Crippen LogP contribution in [0.15, 0.2) is 30.3 Å². The smallest absolute Gasteiger partial charge is 0.234 e. The van der Waals surface area contributed by atoms with Crippen molar-refractivity contribution in [1.29, 1.82) is 0 Å². The highest BCUT2D eigenvalue weighted by Crippen LogP contribution is 2.16. The monoisotopic (exact) mass is 362 g/mol. The Morgan fingerprint density at radius 2 is 1.83 bits per heavy atom. The Bertz CT molecular complexity index is 439. The first kappa shape index (κ1) is 22.1. The molecule has 7 heteroatoms. The first-order valence-electron chi connectivity index (χ1n) is 7.58. The number of carbonyl (C=O) groups excluding carboxylic acids is 1. The van der Waals surface area contributed by atoms with Crippen LogP contribution in [-0.4, -0.2) is 69.1 Å². The zero-order chi connectivity index (χ0) is 15.1. The predicted molar refractivity (Wildman–Crippen MR) is 99.7 cm³/mol. The lowest BCUT2D eigenvalue weighted by Gasteiger charge is -2.28. The maximum atomic E-state index is 12.1. The van der Waals surface area contributed by atoms with E-state index < -0.39 is 0 Å². The zero-order valence-corrected chi connectivity index (χ0v) is 15.5. The molecular formula is C16H28Cl2N4O. The largest absolute Gasteiger partial charge is 0.353 e. The van der Waals surface area contributed by atoms with Gasteiger partial charge in [0.15, 0.2) is 0 Å². The number of carbonyl (C=O) groups is 1. The van der Waals surface area contributed by atoms with Crippen LogP contribution in [-0.2, 0) is 4.79 Å². The fourth-order valence-electron chi connectivity index (χ4n) is 2.61. The molecule has 0 bridgehead atoms. The van der Waals surface area contributed by atoms with Crippen molar-refractivity contribution in [2.75, 3.05) is 53.4 Å². The summed E-state index contributed by atoms with van der Waals surface area (Å²) in [6, 6.07) is 10.5. The number of halogens is 2. The van der Waals surface area contributed by atoms with Gasteiger partial charge in [-0.3, -0.25) is 9.69 Å². The van der Waals surface area contributed by atoms with Gasteiger partial charge in [-0.05, 0) is 19.7 Å². The van der Waals surface area contributed by atoms with Crippen molar-refractivity contribution in [2.45, 2.75) is 6.04 Å². The number of hydrogen-bond acceptors (Lipinski definition) is 4. The van der Waals surface area contributed by atoms with Crippen LogP contribution in [0.3, 0.4) is 0 Å². The van der Waals surface area contributed by atoms with Crippen LogP contribution < -0.4 is 10.6 Å². The summed E-state index contributed by atoms with van der Waals surface area (Å²) in [6.07, 6.45) is 0. The van der Waals surface area contributed by atoms with Gasteiger partial charge in [-0.1, -0.05) is 30.3 Å². The molecule has 0 spiro atoms. The van der Waals surface area contributed by atoms with E-state index in [9.17, 15) is 4.79 Å². The lowest BCUT2D eigenvalue weighted by atomic mass is 10.1. The number of likely N-dealkylation sites (N-methyl/N-ethyl adjacent to an activating group) is 1. The number of hydrogen-bond donors (Lipinski definition) is 2. The third-order valence-corrected chi connectivity index (χ3v) is 3.88. The summed E-state index contributed by atoms with van der Waals surface area (Å²) in [5.41, 5.74) is 1.23. The summed E-state index contributed by atoms with van der Waals surface area (Å²) >= 11 is 0. The summed E-state index contributed by atoms with van der Waals surface area (Å²) in [5.74, 6) is 0.111. The third-order valence-electron chi connectivity index (χ3n) is 3.88. The highest BCUT2D eigenvalue weighted by atomic mass is 35.5. The summed E-state index contributed by atoms with van der Waals surface area (Å²) in [6.45, 7) is 4.97. The number of rotatable bonds is 6. The summed E-state index contributed by atoms with van der Waals surface area (Å²) in [5, 5.41) is 6.36. The molecule has 132 valence electrons. The van der Waals surface area contributed by atoms with Crippen molar-refractivity contribution in [3.05, 3.63) is 35.9 Å². The molecule has 1 amide bonds. The second-order valence-corrected chi connectivity index (χ2v) is 5.72. The van der Waals surface area contributed by atoms with E-state index in [4.69, 9.17) is 0 Å². The molecule has 0 aliphatic carbocycles. The van der Waals surface area contributed by atoms with Gasteiger partial charge in [0.1, 0.15) is 0 Å². The van der Waals surface area contributed by atoms with E-state index in [0.29, 0.717) is 13.1 Å². The van der Waals surface area contributed by atoms with Crippen molar-refractivity contribution in [1.82, 2.24) is 20.4 Å². The van der Waals surface area contributed by atoms with Gasteiger partial charge in [0.2, 0.25) is 5.91 Å². The Balaban J connectivity index is 0.00000242. The average Bonchev–Trinajstić information content (AvgIpc) is 2.49. The molecule has 0 radical (unpaired) electrons. The molecule has 1 fully saturated rings. The maximum absolute atomic E-state index is 12.1. The second-order valence-electron chi connectivity index (χ2n) is 5.72. The molecule has 23 heavy (non-hydrogen) atoms. The van der Waals surface area contributed by atoms with E-state index in [1.165, 1.54) is 5.56 Å². The van der Waals surface area contributed by atoms with Crippen LogP contribution in [0.2, 0.25) is 0 Å². The van der Waals surface area contributed by atoms with Crippen molar-refractivity contribution in [2.24, 2.45) is 0 Å². The topological polar surface area (TPSA) is 47.6 Å². The first-order valence-corrected chi connectivity index (χ1v) is 7.58. The van der Waals surface area contributed by atoms with Gasteiger partial charge in [-0.25, -0.2) is 0 Å². The van der Waals surface area contributed by atoms with Crippen LogP contribution in [0.4, 0.5) is 0 Å². The number of amides is 1. The summed E-state index contributed by atoms with van der Waals surface area (Å²) in [7, 11) is 4.08. The van der Waals surface area contributed by atoms with Gasteiger partial charge in [-0.2, -0.15) is 0 Å². The summed E-state index contributed by atoms with van der Waals surface area (Å²) < 4.78 is 0. The number of piperazine rings is 1. The van der Waals surface area contributed by atoms with Gasteiger partial charge in [0, 0.05) is 32.7 Å². The molecule has 1 atom stereocenters. The lowest BCUT2D eigenvalue weighted by molar-refractivity contribution is -0.122. The van der Waals surface area contributed by atoms with Crippen LogP contribution >= 0.6 is 24.8 Å². The molecule has 2 rings (SSSR count). The van der Waals surface area contributed by atoms with Gasteiger partial charge in [-0.15, -0.1) is 24.8 Å². The Hall–Kier alpha value is -0.850. The van der Waals surface area contributed by atoms with E-state index in [2.05, 4.69) is 32.6 Å². The van der Waals surface area contributed by atoms with Crippen LogP contribution in [0, 0.1) is 0 Å². The van der Waals surface area contributed by atoms with Crippen LogP contribution in [0.5, 0.6) is 0 Å². The van der Waals surface area contributed by atoms with Crippen molar-refractivity contribution < 1.29 is 4.79 Å². The van der Waals surface area contributed by atoms with Gasteiger partial charge < -0.3 is 15.5 Å². The highest BCUT2D eigenvalue weighted by Gasteiger charge is 2.17. The Labute approximate surface area is 151 Å². The molecule has 1 aliphatic rings.